The zero-order valence-electron chi connectivity index (χ0n) is 26.8. The van der Waals surface area contributed by atoms with Crippen LogP contribution in [0.3, 0.4) is 0 Å². The molecule has 50 heavy (non-hydrogen) atoms. The second-order valence-corrected chi connectivity index (χ2v) is 14.0. The number of furan rings is 2. The molecule has 0 spiro atoms. The number of thiophene rings is 1. The molecule has 0 amide bonds. The highest BCUT2D eigenvalue weighted by atomic mass is 32.1. The van der Waals surface area contributed by atoms with Gasteiger partial charge in [0.25, 0.3) is 0 Å². The Bertz CT molecular complexity index is 2990. The van der Waals surface area contributed by atoms with Crippen LogP contribution in [0.25, 0.3) is 85.9 Å². The van der Waals surface area contributed by atoms with E-state index >= 15 is 0 Å². The third kappa shape index (κ3) is 4.09. The molecular weight excluding hydrogens is 631 g/mol. The third-order valence-corrected chi connectivity index (χ3v) is 11.2. The van der Waals surface area contributed by atoms with Crippen LogP contribution in [0.4, 0.5) is 17.1 Å². The second-order valence-electron chi connectivity index (χ2n) is 12.9. The number of benzene rings is 8. The maximum atomic E-state index is 6.36. The molecule has 0 aliphatic carbocycles. The van der Waals surface area contributed by atoms with Crippen molar-refractivity contribution in [1.82, 2.24) is 0 Å². The van der Waals surface area contributed by atoms with Gasteiger partial charge in [-0.15, -0.1) is 11.3 Å². The van der Waals surface area contributed by atoms with Gasteiger partial charge in [-0.1, -0.05) is 97.1 Å². The molecule has 3 heterocycles. The summed E-state index contributed by atoms with van der Waals surface area (Å²) >= 11 is 1.84. The molecule has 11 aromatic rings. The molecule has 0 saturated carbocycles. The molecule has 0 N–H and O–H groups in total. The maximum absolute atomic E-state index is 6.36. The fourth-order valence-corrected chi connectivity index (χ4v) is 8.92. The summed E-state index contributed by atoms with van der Waals surface area (Å²) in [5.41, 5.74) is 9.20. The lowest BCUT2D eigenvalue weighted by Gasteiger charge is -2.26. The number of hydrogen-bond donors (Lipinski definition) is 0. The van der Waals surface area contributed by atoms with Crippen molar-refractivity contribution >= 4 is 103 Å². The zero-order valence-corrected chi connectivity index (χ0v) is 27.6. The van der Waals surface area contributed by atoms with Crippen molar-refractivity contribution in [2.24, 2.45) is 0 Å². The van der Waals surface area contributed by atoms with E-state index in [0.29, 0.717) is 0 Å². The van der Waals surface area contributed by atoms with Crippen molar-refractivity contribution < 1.29 is 8.83 Å². The Labute approximate surface area is 290 Å². The van der Waals surface area contributed by atoms with E-state index in [2.05, 4.69) is 144 Å². The van der Waals surface area contributed by atoms with Crippen LogP contribution in [-0.2, 0) is 0 Å². The molecule has 4 heteroatoms. The van der Waals surface area contributed by atoms with Crippen molar-refractivity contribution in [1.29, 1.82) is 0 Å². The van der Waals surface area contributed by atoms with E-state index in [-0.39, 0.29) is 0 Å². The van der Waals surface area contributed by atoms with Crippen molar-refractivity contribution in [3.63, 3.8) is 0 Å². The first kappa shape index (κ1) is 27.6. The van der Waals surface area contributed by atoms with Crippen LogP contribution in [0, 0.1) is 0 Å². The number of rotatable bonds is 4. The first-order valence-corrected chi connectivity index (χ1v) is 17.6. The van der Waals surface area contributed by atoms with Gasteiger partial charge in [-0.05, 0) is 82.6 Å². The Kier molecular flexibility index (Phi) is 5.83. The van der Waals surface area contributed by atoms with Gasteiger partial charge in [0, 0.05) is 64.8 Å². The summed E-state index contributed by atoms with van der Waals surface area (Å²) < 4.78 is 15.1. The third-order valence-electron chi connectivity index (χ3n) is 10.1. The first-order valence-electron chi connectivity index (χ1n) is 16.8. The van der Waals surface area contributed by atoms with Gasteiger partial charge in [0.05, 0.1) is 0 Å². The molecule has 0 aliphatic rings. The summed E-state index contributed by atoms with van der Waals surface area (Å²) in [6.07, 6.45) is 0. The lowest BCUT2D eigenvalue weighted by molar-refractivity contribution is 0.668. The number of para-hydroxylation sites is 2. The topological polar surface area (TPSA) is 29.5 Å². The quantitative estimate of drug-likeness (QED) is 0.189. The van der Waals surface area contributed by atoms with E-state index in [1.165, 1.54) is 47.5 Å². The molecule has 3 aromatic heterocycles. The van der Waals surface area contributed by atoms with Gasteiger partial charge in [-0.2, -0.15) is 0 Å². The minimum atomic E-state index is 0.877. The monoisotopic (exact) mass is 657 g/mol. The van der Waals surface area contributed by atoms with Gasteiger partial charge in [0.1, 0.15) is 22.3 Å². The lowest BCUT2D eigenvalue weighted by Crippen LogP contribution is -2.09. The standard InChI is InChI=1S/C46H27NO2S/c1-4-13-40-34(8-1)35-22-20-30(26-43(35)49-40)47(31-21-23-37-36-9-3-6-15-44(36)50-45(37)27-31)29-18-16-28(17-19-29)32-11-7-12-38-33(32)24-25-42-46(38)39-10-2-5-14-41(39)48-42/h1-27H. The molecule has 234 valence electrons. The SMILES string of the molecule is c1ccc2c(c1)oc1cc(N(c3ccc(-c4cccc5c4ccc4oc6ccccc6c45)cc3)c3ccc4c(c3)sc3ccccc34)ccc12. The van der Waals surface area contributed by atoms with Crippen LogP contribution in [0.5, 0.6) is 0 Å². The Morgan fingerprint density at radius 1 is 0.360 bits per heavy atom. The van der Waals surface area contributed by atoms with Crippen molar-refractivity contribution in [2.75, 3.05) is 4.90 Å². The minimum Gasteiger partial charge on any atom is -0.456 e. The van der Waals surface area contributed by atoms with Gasteiger partial charge in [-0.25, -0.2) is 0 Å². The number of hydrogen-bond acceptors (Lipinski definition) is 4. The largest absolute Gasteiger partial charge is 0.456 e. The first-order chi connectivity index (χ1) is 24.8. The predicted molar refractivity (Wildman–Crippen MR) is 212 cm³/mol. The van der Waals surface area contributed by atoms with Crippen molar-refractivity contribution in [3.05, 3.63) is 164 Å². The summed E-state index contributed by atoms with van der Waals surface area (Å²) in [6.45, 7) is 0. The summed E-state index contributed by atoms with van der Waals surface area (Å²) in [4.78, 5) is 2.34. The number of anilines is 3. The minimum absolute atomic E-state index is 0.877. The normalized spacial score (nSPS) is 12.0. The van der Waals surface area contributed by atoms with E-state index < -0.39 is 0 Å². The predicted octanol–water partition coefficient (Wildman–Crippen LogP) is 14.1. The fraction of sp³-hybridized carbons (Fsp3) is 0. The van der Waals surface area contributed by atoms with Crippen LogP contribution < -0.4 is 4.90 Å². The van der Waals surface area contributed by atoms with Gasteiger partial charge < -0.3 is 13.7 Å². The highest BCUT2D eigenvalue weighted by Gasteiger charge is 2.18. The van der Waals surface area contributed by atoms with E-state index in [0.717, 1.165) is 55.6 Å². The molecule has 0 radical (unpaired) electrons. The van der Waals surface area contributed by atoms with Gasteiger partial charge in [0.2, 0.25) is 0 Å². The van der Waals surface area contributed by atoms with Crippen molar-refractivity contribution in [2.45, 2.75) is 0 Å². The average Bonchev–Trinajstić information content (AvgIpc) is 3.86. The van der Waals surface area contributed by atoms with Crippen molar-refractivity contribution in [3.8, 4) is 11.1 Å². The molecule has 3 nitrogen and oxygen atoms in total. The van der Waals surface area contributed by atoms with Gasteiger partial charge >= 0.3 is 0 Å². The molecule has 0 fully saturated rings. The summed E-state index contributed by atoms with van der Waals surface area (Å²) in [5, 5.41) is 9.56. The Balaban J connectivity index is 1.07. The molecule has 0 bridgehead atoms. The van der Waals surface area contributed by atoms with Crippen LogP contribution in [0.2, 0.25) is 0 Å². The Morgan fingerprint density at radius 3 is 1.82 bits per heavy atom. The molecule has 0 saturated heterocycles. The van der Waals surface area contributed by atoms with E-state index in [1.807, 2.05) is 35.6 Å². The van der Waals surface area contributed by atoms with E-state index in [4.69, 9.17) is 8.83 Å². The molecular formula is C46H27NO2S. The second kappa shape index (κ2) is 10.6. The Morgan fingerprint density at radius 2 is 0.960 bits per heavy atom. The van der Waals surface area contributed by atoms with Crippen LogP contribution in [0.1, 0.15) is 0 Å². The summed E-state index contributed by atoms with van der Waals surface area (Å²) in [6, 6.07) is 58.4. The molecule has 0 aliphatic heterocycles. The number of nitrogens with zero attached hydrogens (tertiary/aromatic N) is 1. The Hall–Kier alpha value is -6.36. The molecule has 0 unspecified atom stereocenters. The van der Waals surface area contributed by atoms with Crippen LogP contribution >= 0.6 is 11.3 Å². The zero-order chi connectivity index (χ0) is 32.8. The molecule has 8 aromatic carbocycles. The van der Waals surface area contributed by atoms with Gasteiger partial charge in [-0.3, -0.25) is 0 Å². The van der Waals surface area contributed by atoms with Crippen LogP contribution in [-0.4, -0.2) is 0 Å². The van der Waals surface area contributed by atoms with E-state index in [1.54, 1.807) is 0 Å². The maximum Gasteiger partial charge on any atom is 0.137 e. The molecule has 0 atom stereocenters. The number of fused-ring (bicyclic) bond motifs is 11. The van der Waals surface area contributed by atoms with Crippen LogP contribution in [0.15, 0.2) is 173 Å². The lowest BCUT2D eigenvalue weighted by atomic mass is 9.95. The smallest absolute Gasteiger partial charge is 0.137 e. The summed E-state index contributed by atoms with van der Waals surface area (Å²) in [5.74, 6) is 0. The van der Waals surface area contributed by atoms with E-state index in [9.17, 15) is 0 Å². The average molecular weight is 658 g/mol. The highest BCUT2D eigenvalue weighted by molar-refractivity contribution is 7.25. The highest BCUT2D eigenvalue weighted by Crippen LogP contribution is 2.43. The van der Waals surface area contributed by atoms with Gasteiger partial charge in [0.15, 0.2) is 0 Å². The summed E-state index contributed by atoms with van der Waals surface area (Å²) in [7, 11) is 0. The fourth-order valence-electron chi connectivity index (χ4n) is 7.78. The molecule has 11 rings (SSSR count).